The third-order valence-electron chi connectivity index (χ3n) is 4.53. The van der Waals surface area contributed by atoms with E-state index in [0.29, 0.717) is 12.1 Å². The van der Waals surface area contributed by atoms with E-state index in [9.17, 15) is 0 Å². The standard InChI is InChI=1S/C18H30N2O/c1-4-12-21-17-6-5-11-20(13-17)15(3)18(19)16-9-7-14(2)8-10-16/h7-10,15,17-18H,4-6,11-13,19H2,1-3H3. The normalized spacial score (nSPS) is 23.0. The Balaban J connectivity index is 1.94. The van der Waals surface area contributed by atoms with Gasteiger partial charge in [0.25, 0.3) is 0 Å². The lowest BCUT2D eigenvalue weighted by Gasteiger charge is -2.39. The van der Waals surface area contributed by atoms with E-state index in [4.69, 9.17) is 10.5 Å². The fraction of sp³-hybridized carbons (Fsp3) is 0.667. The van der Waals surface area contributed by atoms with Crippen molar-refractivity contribution in [3.63, 3.8) is 0 Å². The van der Waals surface area contributed by atoms with Crippen molar-refractivity contribution in [2.75, 3.05) is 19.7 Å². The van der Waals surface area contributed by atoms with E-state index in [1.54, 1.807) is 0 Å². The Bertz CT molecular complexity index is 418. The van der Waals surface area contributed by atoms with E-state index in [1.807, 2.05) is 0 Å². The van der Waals surface area contributed by atoms with Crippen molar-refractivity contribution >= 4 is 0 Å². The van der Waals surface area contributed by atoms with Gasteiger partial charge in [0.2, 0.25) is 0 Å². The first-order chi connectivity index (χ1) is 10.1. The Morgan fingerprint density at radius 1 is 1.33 bits per heavy atom. The monoisotopic (exact) mass is 290 g/mol. The smallest absolute Gasteiger partial charge is 0.0702 e. The largest absolute Gasteiger partial charge is 0.377 e. The zero-order chi connectivity index (χ0) is 15.2. The molecule has 3 atom stereocenters. The molecule has 3 heteroatoms. The minimum Gasteiger partial charge on any atom is -0.377 e. The van der Waals surface area contributed by atoms with Gasteiger partial charge in [0.05, 0.1) is 6.10 Å². The summed E-state index contributed by atoms with van der Waals surface area (Å²) in [6, 6.07) is 9.02. The van der Waals surface area contributed by atoms with Gasteiger partial charge in [-0.1, -0.05) is 36.8 Å². The number of hydrogen-bond donors (Lipinski definition) is 1. The maximum atomic E-state index is 6.48. The van der Waals surface area contributed by atoms with Crippen molar-refractivity contribution in [1.29, 1.82) is 0 Å². The minimum absolute atomic E-state index is 0.0653. The summed E-state index contributed by atoms with van der Waals surface area (Å²) in [7, 11) is 0. The third-order valence-corrected chi connectivity index (χ3v) is 4.53. The third kappa shape index (κ3) is 4.53. The number of ether oxygens (including phenoxy) is 1. The molecule has 1 aromatic carbocycles. The van der Waals surface area contributed by atoms with Crippen LogP contribution in [0.1, 0.15) is 50.3 Å². The summed E-state index contributed by atoms with van der Waals surface area (Å²) in [6.07, 6.45) is 3.86. The average Bonchev–Trinajstić information content (AvgIpc) is 2.52. The van der Waals surface area contributed by atoms with Gasteiger partial charge in [-0.15, -0.1) is 0 Å². The molecule has 1 saturated heterocycles. The van der Waals surface area contributed by atoms with Crippen LogP contribution in [0.5, 0.6) is 0 Å². The summed E-state index contributed by atoms with van der Waals surface area (Å²) in [5.41, 5.74) is 8.99. The fourth-order valence-electron chi connectivity index (χ4n) is 3.05. The minimum atomic E-state index is 0.0653. The molecule has 21 heavy (non-hydrogen) atoms. The van der Waals surface area contributed by atoms with Crippen LogP contribution in [0.4, 0.5) is 0 Å². The van der Waals surface area contributed by atoms with Crippen LogP contribution in [0.25, 0.3) is 0 Å². The molecule has 1 heterocycles. The van der Waals surface area contributed by atoms with Crippen molar-refractivity contribution in [2.45, 2.75) is 58.2 Å². The molecule has 0 aromatic heterocycles. The molecule has 0 aliphatic carbocycles. The SMILES string of the molecule is CCCOC1CCCN(C(C)C(N)c2ccc(C)cc2)C1. The lowest BCUT2D eigenvalue weighted by molar-refractivity contribution is -0.0134. The van der Waals surface area contributed by atoms with Crippen molar-refractivity contribution in [3.05, 3.63) is 35.4 Å². The van der Waals surface area contributed by atoms with Crippen LogP contribution in [0.2, 0.25) is 0 Å². The Labute approximate surface area is 129 Å². The van der Waals surface area contributed by atoms with Crippen LogP contribution < -0.4 is 5.73 Å². The van der Waals surface area contributed by atoms with E-state index in [-0.39, 0.29) is 6.04 Å². The van der Waals surface area contributed by atoms with Gasteiger partial charge in [-0.25, -0.2) is 0 Å². The molecule has 3 nitrogen and oxygen atoms in total. The van der Waals surface area contributed by atoms with Gasteiger partial charge in [-0.2, -0.15) is 0 Å². The van der Waals surface area contributed by atoms with Crippen LogP contribution in [0.15, 0.2) is 24.3 Å². The lowest BCUT2D eigenvalue weighted by Crippen LogP contribution is -2.48. The van der Waals surface area contributed by atoms with Crippen molar-refractivity contribution in [2.24, 2.45) is 5.73 Å². The Morgan fingerprint density at radius 3 is 2.71 bits per heavy atom. The van der Waals surface area contributed by atoms with Crippen LogP contribution in [0, 0.1) is 6.92 Å². The van der Waals surface area contributed by atoms with Gasteiger partial charge in [0, 0.05) is 25.2 Å². The predicted octanol–water partition coefficient (Wildman–Crippen LogP) is 3.27. The van der Waals surface area contributed by atoms with Crippen LogP contribution >= 0.6 is 0 Å². The maximum Gasteiger partial charge on any atom is 0.0702 e. The molecule has 0 spiro atoms. The molecule has 1 fully saturated rings. The van der Waals surface area contributed by atoms with Crippen molar-refractivity contribution in [3.8, 4) is 0 Å². The lowest BCUT2D eigenvalue weighted by atomic mass is 9.97. The second kappa shape index (κ2) is 7.92. The molecule has 0 bridgehead atoms. The maximum absolute atomic E-state index is 6.48. The number of aryl methyl sites for hydroxylation is 1. The molecule has 2 N–H and O–H groups in total. The number of hydrogen-bond acceptors (Lipinski definition) is 3. The van der Waals surface area contributed by atoms with E-state index in [1.165, 1.54) is 24.0 Å². The number of nitrogens with zero attached hydrogens (tertiary/aromatic N) is 1. The van der Waals surface area contributed by atoms with Gasteiger partial charge < -0.3 is 10.5 Å². The quantitative estimate of drug-likeness (QED) is 0.874. The van der Waals surface area contributed by atoms with E-state index in [0.717, 1.165) is 26.1 Å². The highest BCUT2D eigenvalue weighted by atomic mass is 16.5. The Morgan fingerprint density at radius 2 is 2.05 bits per heavy atom. The summed E-state index contributed by atoms with van der Waals surface area (Å²) in [5.74, 6) is 0. The summed E-state index contributed by atoms with van der Waals surface area (Å²) in [5, 5.41) is 0. The average molecular weight is 290 g/mol. The summed E-state index contributed by atoms with van der Waals surface area (Å²) in [6.45, 7) is 9.53. The van der Waals surface area contributed by atoms with E-state index in [2.05, 4.69) is 49.9 Å². The zero-order valence-electron chi connectivity index (χ0n) is 13.7. The van der Waals surface area contributed by atoms with Crippen LogP contribution in [0.3, 0.4) is 0 Å². The molecule has 3 unspecified atom stereocenters. The molecule has 1 aliphatic rings. The first-order valence-corrected chi connectivity index (χ1v) is 8.29. The summed E-state index contributed by atoms with van der Waals surface area (Å²) < 4.78 is 5.93. The number of nitrogens with two attached hydrogens (primary N) is 1. The second-order valence-corrected chi connectivity index (χ2v) is 6.31. The molecular weight excluding hydrogens is 260 g/mol. The first kappa shape index (κ1) is 16.5. The van der Waals surface area contributed by atoms with E-state index < -0.39 is 0 Å². The predicted molar refractivity (Wildman–Crippen MR) is 88.4 cm³/mol. The van der Waals surface area contributed by atoms with Gasteiger partial charge in [-0.05, 0) is 45.2 Å². The Kier molecular flexibility index (Phi) is 6.22. The highest BCUT2D eigenvalue weighted by Gasteiger charge is 2.27. The van der Waals surface area contributed by atoms with Gasteiger partial charge in [0.15, 0.2) is 0 Å². The summed E-state index contributed by atoms with van der Waals surface area (Å²) in [4.78, 5) is 2.49. The number of likely N-dealkylation sites (tertiary alicyclic amines) is 1. The van der Waals surface area contributed by atoms with Gasteiger partial charge in [-0.3, -0.25) is 4.90 Å². The molecular formula is C18H30N2O. The molecule has 1 aliphatic heterocycles. The second-order valence-electron chi connectivity index (χ2n) is 6.31. The molecule has 0 saturated carbocycles. The Hall–Kier alpha value is -0.900. The molecule has 0 amide bonds. The topological polar surface area (TPSA) is 38.5 Å². The first-order valence-electron chi connectivity index (χ1n) is 8.29. The molecule has 0 radical (unpaired) electrons. The fourth-order valence-corrected chi connectivity index (χ4v) is 3.05. The summed E-state index contributed by atoms with van der Waals surface area (Å²) >= 11 is 0. The number of benzene rings is 1. The molecule has 2 rings (SSSR count). The highest BCUT2D eigenvalue weighted by Crippen LogP contribution is 2.23. The van der Waals surface area contributed by atoms with Crippen LogP contribution in [-0.4, -0.2) is 36.7 Å². The zero-order valence-corrected chi connectivity index (χ0v) is 13.7. The van der Waals surface area contributed by atoms with Crippen LogP contribution in [-0.2, 0) is 4.74 Å². The van der Waals surface area contributed by atoms with Gasteiger partial charge >= 0.3 is 0 Å². The van der Waals surface area contributed by atoms with Gasteiger partial charge in [0.1, 0.15) is 0 Å². The number of rotatable bonds is 6. The molecule has 1 aromatic rings. The highest BCUT2D eigenvalue weighted by molar-refractivity contribution is 5.24. The number of piperidine rings is 1. The van der Waals surface area contributed by atoms with E-state index >= 15 is 0 Å². The van der Waals surface area contributed by atoms with Crippen molar-refractivity contribution < 1.29 is 4.74 Å². The molecule has 118 valence electrons. The van der Waals surface area contributed by atoms with Crippen molar-refractivity contribution in [1.82, 2.24) is 4.90 Å².